The molecule has 0 amide bonds. The Kier molecular flexibility index (Phi) is 5.83. The van der Waals surface area contributed by atoms with Gasteiger partial charge in [0, 0.05) is 18.7 Å². The molecular formula is C18H23N3O. The molecule has 4 heteroatoms. The number of guanidine groups is 1. The van der Waals surface area contributed by atoms with E-state index < -0.39 is 0 Å². The van der Waals surface area contributed by atoms with Crippen LogP contribution >= 0.6 is 0 Å². The van der Waals surface area contributed by atoms with Crippen molar-refractivity contribution < 1.29 is 4.74 Å². The van der Waals surface area contributed by atoms with E-state index in [4.69, 9.17) is 10.5 Å². The lowest BCUT2D eigenvalue weighted by Crippen LogP contribution is -2.23. The second-order valence-electron chi connectivity index (χ2n) is 5.27. The number of anilines is 1. The lowest BCUT2D eigenvalue weighted by atomic mass is 10.2. The third kappa shape index (κ3) is 5.48. The minimum Gasteiger partial charge on any atom is -0.494 e. The molecule has 0 saturated heterocycles. The van der Waals surface area contributed by atoms with Crippen LogP contribution in [-0.4, -0.2) is 19.1 Å². The first-order valence-electron chi connectivity index (χ1n) is 7.46. The molecule has 0 fully saturated rings. The Labute approximate surface area is 132 Å². The summed E-state index contributed by atoms with van der Waals surface area (Å²) in [6, 6.07) is 16.1. The monoisotopic (exact) mass is 297 g/mol. The topological polar surface area (TPSA) is 59.6 Å². The molecule has 0 aliphatic heterocycles. The summed E-state index contributed by atoms with van der Waals surface area (Å²) in [7, 11) is 0. The molecule has 0 radical (unpaired) electrons. The maximum Gasteiger partial charge on any atom is 0.193 e. The fraction of sp³-hybridized carbons (Fsp3) is 0.278. The molecule has 2 aromatic carbocycles. The van der Waals surface area contributed by atoms with Gasteiger partial charge in [-0.3, -0.25) is 4.99 Å². The third-order valence-electron chi connectivity index (χ3n) is 3.20. The zero-order chi connectivity index (χ0) is 15.8. The number of nitrogens with two attached hydrogens (primary N) is 1. The first-order valence-corrected chi connectivity index (χ1v) is 7.46. The van der Waals surface area contributed by atoms with Crippen LogP contribution in [0.3, 0.4) is 0 Å². The van der Waals surface area contributed by atoms with Crippen LogP contribution in [0.2, 0.25) is 0 Å². The number of ether oxygens (including phenoxy) is 1. The fourth-order valence-corrected chi connectivity index (χ4v) is 1.91. The molecule has 0 atom stereocenters. The van der Waals surface area contributed by atoms with Crippen LogP contribution in [0.25, 0.3) is 0 Å². The summed E-state index contributed by atoms with van der Waals surface area (Å²) in [4.78, 5) is 4.29. The molecule has 22 heavy (non-hydrogen) atoms. The Hall–Kier alpha value is -2.49. The standard InChI is InChI=1S/C18H23N3O/c1-14-4-8-16(9-5-14)21-18(19)20-12-3-13-22-17-10-6-15(2)7-11-17/h4-11H,3,12-13H2,1-2H3,(H3,19,20,21). The molecule has 0 unspecified atom stereocenters. The predicted octanol–water partition coefficient (Wildman–Crippen LogP) is 3.50. The largest absolute Gasteiger partial charge is 0.494 e. The van der Waals surface area contributed by atoms with Crippen LogP contribution in [-0.2, 0) is 0 Å². The second kappa shape index (κ2) is 8.08. The van der Waals surface area contributed by atoms with Crippen molar-refractivity contribution in [2.24, 2.45) is 10.7 Å². The zero-order valence-corrected chi connectivity index (χ0v) is 13.2. The maximum absolute atomic E-state index is 5.85. The zero-order valence-electron chi connectivity index (χ0n) is 13.2. The van der Waals surface area contributed by atoms with E-state index in [2.05, 4.69) is 24.2 Å². The highest BCUT2D eigenvalue weighted by Gasteiger charge is 1.96. The fourth-order valence-electron chi connectivity index (χ4n) is 1.91. The molecule has 0 aromatic heterocycles. The summed E-state index contributed by atoms with van der Waals surface area (Å²) in [5, 5.41) is 3.07. The lowest BCUT2D eigenvalue weighted by Gasteiger charge is -2.07. The molecule has 2 aromatic rings. The summed E-state index contributed by atoms with van der Waals surface area (Å²) in [5.74, 6) is 1.32. The van der Waals surface area contributed by atoms with Crippen molar-refractivity contribution in [2.75, 3.05) is 18.5 Å². The number of nitrogens with one attached hydrogen (secondary N) is 1. The first-order chi connectivity index (χ1) is 10.6. The molecule has 0 bridgehead atoms. The number of hydrogen-bond acceptors (Lipinski definition) is 2. The van der Waals surface area contributed by atoms with Gasteiger partial charge in [0.15, 0.2) is 5.96 Å². The van der Waals surface area contributed by atoms with E-state index in [1.807, 2.05) is 48.5 Å². The van der Waals surface area contributed by atoms with Gasteiger partial charge in [0.25, 0.3) is 0 Å². The van der Waals surface area contributed by atoms with Crippen molar-refractivity contribution in [3.63, 3.8) is 0 Å². The van der Waals surface area contributed by atoms with Gasteiger partial charge in [-0.25, -0.2) is 0 Å². The van der Waals surface area contributed by atoms with Crippen LogP contribution in [0.5, 0.6) is 5.75 Å². The van der Waals surface area contributed by atoms with Gasteiger partial charge in [-0.1, -0.05) is 35.4 Å². The van der Waals surface area contributed by atoms with Crippen LogP contribution < -0.4 is 15.8 Å². The smallest absolute Gasteiger partial charge is 0.193 e. The molecule has 4 nitrogen and oxygen atoms in total. The molecule has 0 saturated carbocycles. The average molecular weight is 297 g/mol. The van der Waals surface area contributed by atoms with Gasteiger partial charge in [-0.05, 0) is 38.1 Å². The number of nitrogens with zero attached hydrogens (tertiary/aromatic N) is 1. The highest BCUT2D eigenvalue weighted by Crippen LogP contribution is 2.11. The number of benzene rings is 2. The van der Waals surface area contributed by atoms with Crippen LogP contribution in [0, 0.1) is 13.8 Å². The number of rotatable bonds is 6. The van der Waals surface area contributed by atoms with E-state index in [0.717, 1.165) is 17.9 Å². The summed E-state index contributed by atoms with van der Waals surface area (Å²) >= 11 is 0. The Morgan fingerprint density at radius 3 is 2.23 bits per heavy atom. The summed E-state index contributed by atoms with van der Waals surface area (Å²) < 4.78 is 5.64. The van der Waals surface area contributed by atoms with Crippen LogP contribution in [0.1, 0.15) is 17.5 Å². The van der Waals surface area contributed by atoms with Crippen molar-refractivity contribution in [1.82, 2.24) is 0 Å². The van der Waals surface area contributed by atoms with Crippen LogP contribution in [0.4, 0.5) is 5.69 Å². The molecule has 116 valence electrons. The average Bonchev–Trinajstić information content (AvgIpc) is 2.51. The molecule has 0 spiro atoms. The Balaban J connectivity index is 1.68. The van der Waals surface area contributed by atoms with E-state index in [1.54, 1.807) is 0 Å². The van der Waals surface area contributed by atoms with Crippen LogP contribution in [0.15, 0.2) is 53.5 Å². The van der Waals surface area contributed by atoms with Gasteiger partial charge in [0.2, 0.25) is 0 Å². The molecule has 0 aliphatic rings. The predicted molar refractivity (Wildman–Crippen MR) is 92.6 cm³/mol. The maximum atomic E-state index is 5.85. The highest BCUT2D eigenvalue weighted by molar-refractivity contribution is 5.92. The van der Waals surface area contributed by atoms with Gasteiger partial charge in [0.1, 0.15) is 5.75 Å². The second-order valence-corrected chi connectivity index (χ2v) is 5.27. The van der Waals surface area contributed by atoms with Gasteiger partial charge >= 0.3 is 0 Å². The molecule has 0 heterocycles. The van der Waals surface area contributed by atoms with Crippen molar-refractivity contribution in [1.29, 1.82) is 0 Å². The molecular weight excluding hydrogens is 274 g/mol. The minimum atomic E-state index is 0.430. The van der Waals surface area contributed by atoms with Gasteiger partial charge in [-0.2, -0.15) is 0 Å². The highest BCUT2D eigenvalue weighted by atomic mass is 16.5. The van der Waals surface area contributed by atoms with Crippen molar-refractivity contribution in [3.8, 4) is 5.75 Å². The van der Waals surface area contributed by atoms with Crippen molar-refractivity contribution >= 4 is 11.6 Å². The Morgan fingerprint density at radius 1 is 1.00 bits per heavy atom. The first kappa shape index (κ1) is 15.9. The summed E-state index contributed by atoms with van der Waals surface area (Å²) in [6.45, 7) is 5.37. The number of aliphatic imine (C=N–C) groups is 1. The lowest BCUT2D eigenvalue weighted by molar-refractivity contribution is 0.313. The van der Waals surface area contributed by atoms with E-state index >= 15 is 0 Å². The summed E-state index contributed by atoms with van der Waals surface area (Å²) in [5.41, 5.74) is 9.24. The summed E-state index contributed by atoms with van der Waals surface area (Å²) in [6.07, 6.45) is 0.824. The molecule has 0 aliphatic carbocycles. The quantitative estimate of drug-likeness (QED) is 0.487. The van der Waals surface area contributed by atoms with E-state index in [0.29, 0.717) is 19.1 Å². The molecule has 3 N–H and O–H groups in total. The van der Waals surface area contributed by atoms with Gasteiger partial charge in [-0.15, -0.1) is 0 Å². The number of hydrogen-bond donors (Lipinski definition) is 2. The molecule has 2 rings (SSSR count). The van der Waals surface area contributed by atoms with Crippen molar-refractivity contribution in [2.45, 2.75) is 20.3 Å². The van der Waals surface area contributed by atoms with E-state index in [-0.39, 0.29) is 0 Å². The van der Waals surface area contributed by atoms with Gasteiger partial charge in [0.05, 0.1) is 6.61 Å². The Morgan fingerprint density at radius 2 is 1.59 bits per heavy atom. The third-order valence-corrected chi connectivity index (χ3v) is 3.20. The van der Waals surface area contributed by atoms with Crippen molar-refractivity contribution in [3.05, 3.63) is 59.7 Å². The Bertz CT molecular complexity index is 603. The van der Waals surface area contributed by atoms with Gasteiger partial charge < -0.3 is 15.8 Å². The normalized spacial score (nSPS) is 11.3. The number of aryl methyl sites for hydroxylation is 2. The van der Waals surface area contributed by atoms with E-state index in [9.17, 15) is 0 Å². The minimum absolute atomic E-state index is 0.430. The van der Waals surface area contributed by atoms with E-state index in [1.165, 1.54) is 11.1 Å². The SMILES string of the molecule is Cc1ccc(NC(N)=NCCCOc2ccc(C)cc2)cc1.